The van der Waals surface area contributed by atoms with E-state index in [4.69, 9.17) is 0 Å². The number of nitrogens with zero attached hydrogens (tertiary/aromatic N) is 3. The lowest BCUT2D eigenvalue weighted by Crippen LogP contribution is -2.32. The number of nitrogens with one attached hydrogen (secondary N) is 1. The SMILES string of the molecule is Cc1ccc(-c2nnc(SC(C)C(=O)NC3CC3)n2-c2ccc(C)cc2)cc1. The van der Waals surface area contributed by atoms with E-state index in [-0.39, 0.29) is 11.2 Å². The fourth-order valence-corrected chi connectivity index (χ4v) is 3.80. The van der Waals surface area contributed by atoms with Gasteiger partial charge >= 0.3 is 0 Å². The van der Waals surface area contributed by atoms with Crippen LogP contribution in [0.4, 0.5) is 0 Å². The van der Waals surface area contributed by atoms with Crippen LogP contribution in [-0.2, 0) is 4.79 Å². The highest BCUT2D eigenvalue weighted by Crippen LogP contribution is 2.31. The van der Waals surface area contributed by atoms with E-state index in [9.17, 15) is 4.79 Å². The van der Waals surface area contributed by atoms with Gasteiger partial charge in [0, 0.05) is 17.3 Å². The van der Waals surface area contributed by atoms with Crippen molar-refractivity contribution in [1.29, 1.82) is 0 Å². The Labute approximate surface area is 169 Å². The summed E-state index contributed by atoms with van der Waals surface area (Å²) in [6.07, 6.45) is 2.17. The Kier molecular flexibility index (Phi) is 5.22. The van der Waals surface area contributed by atoms with Crippen molar-refractivity contribution in [3.8, 4) is 17.1 Å². The summed E-state index contributed by atoms with van der Waals surface area (Å²) in [4.78, 5) is 12.4. The molecule has 2 aromatic carbocycles. The molecule has 1 amide bonds. The first kappa shape index (κ1) is 18.7. The molecule has 0 spiro atoms. The maximum atomic E-state index is 12.4. The first-order valence-corrected chi connectivity index (χ1v) is 10.5. The van der Waals surface area contributed by atoms with Crippen LogP contribution in [0.3, 0.4) is 0 Å². The number of carbonyl (C=O) groups excluding carboxylic acids is 1. The maximum absolute atomic E-state index is 12.4. The maximum Gasteiger partial charge on any atom is 0.233 e. The van der Waals surface area contributed by atoms with Gasteiger partial charge in [0.25, 0.3) is 0 Å². The summed E-state index contributed by atoms with van der Waals surface area (Å²) in [7, 11) is 0. The number of amides is 1. The molecule has 3 aromatic rings. The predicted octanol–water partition coefficient (Wildman–Crippen LogP) is 4.31. The first-order valence-electron chi connectivity index (χ1n) is 9.58. The molecule has 4 rings (SSSR count). The molecule has 1 aliphatic carbocycles. The third kappa shape index (κ3) is 4.12. The number of carbonyl (C=O) groups is 1. The van der Waals surface area contributed by atoms with E-state index >= 15 is 0 Å². The fourth-order valence-electron chi connectivity index (χ4n) is 2.92. The summed E-state index contributed by atoms with van der Waals surface area (Å²) >= 11 is 1.44. The van der Waals surface area contributed by atoms with Gasteiger partial charge < -0.3 is 5.32 Å². The van der Waals surface area contributed by atoms with Crippen molar-refractivity contribution >= 4 is 17.7 Å². The molecule has 1 aromatic heterocycles. The van der Waals surface area contributed by atoms with Gasteiger partial charge in [0.15, 0.2) is 11.0 Å². The molecule has 1 saturated carbocycles. The van der Waals surface area contributed by atoms with E-state index in [1.807, 2.05) is 11.5 Å². The quantitative estimate of drug-likeness (QED) is 0.635. The third-order valence-electron chi connectivity index (χ3n) is 4.81. The van der Waals surface area contributed by atoms with Gasteiger partial charge in [-0.3, -0.25) is 9.36 Å². The van der Waals surface area contributed by atoms with Crippen LogP contribution in [0.25, 0.3) is 17.1 Å². The van der Waals surface area contributed by atoms with Crippen LogP contribution in [0.15, 0.2) is 53.7 Å². The van der Waals surface area contributed by atoms with Gasteiger partial charge in [-0.15, -0.1) is 10.2 Å². The van der Waals surface area contributed by atoms with Crippen molar-refractivity contribution < 1.29 is 4.79 Å². The highest BCUT2D eigenvalue weighted by atomic mass is 32.2. The zero-order valence-electron chi connectivity index (χ0n) is 16.3. The van der Waals surface area contributed by atoms with E-state index in [0.29, 0.717) is 6.04 Å². The van der Waals surface area contributed by atoms with Crippen LogP contribution >= 0.6 is 11.8 Å². The van der Waals surface area contributed by atoms with Crippen LogP contribution in [0.1, 0.15) is 30.9 Å². The average Bonchev–Trinajstić information content (AvgIpc) is 3.41. The number of thioether (sulfide) groups is 1. The molecule has 0 saturated heterocycles. The van der Waals surface area contributed by atoms with Crippen LogP contribution in [0, 0.1) is 13.8 Å². The minimum absolute atomic E-state index is 0.0582. The second-order valence-corrected chi connectivity index (χ2v) is 8.69. The van der Waals surface area contributed by atoms with Crippen molar-refractivity contribution in [2.24, 2.45) is 0 Å². The van der Waals surface area contributed by atoms with Gasteiger partial charge in [-0.2, -0.15) is 0 Å². The summed E-state index contributed by atoms with van der Waals surface area (Å²) in [5, 5.41) is 12.4. The monoisotopic (exact) mass is 392 g/mol. The van der Waals surface area contributed by atoms with Crippen molar-refractivity contribution in [2.75, 3.05) is 0 Å². The van der Waals surface area contributed by atoms with E-state index in [0.717, 1.165) is 35.1 Å². The number of aromatic nitrogens is 3. The normalized spacial score (nSPS) is 14.7. The Morgan fingerprint density at radius 3 is 2.25 bits per heavy atom. The highest BCUT2D eigenvalue weighted by Gasteiger charge is 2.27. The third-order valence-corrected chi connectivity index (χ3v) is 5.85. The molecule has 5 nitrogen and oxygen atoms in total. The summed E-state index contributed by atoms with van der Waals surface area (Å²) in [6.45, 7) is 6.05. The molecule has 28 heavy (non-hydrogen) atoms. The van der Waals surface area contributed by atoms with E-state index in [1.165, 1.54) is 22.9 Å². The molecule has 0 bridgehead atoms. The van der Waals surface area contributed by atoms with Crippen molar-refractivity contribution in [2.45, 2.75) is 50.1 Å². The zero-order chi connectivity index (χ0) is 19.7. The minimum Gasteiger partial charge on any atom is -0.352 e. The van der Waals surface area contributed by atoms with Crippen molar-refractivity contribution in [3.63, 3.8) is 0 Å². The second kappa shape index (κ2) is 7.80. The molecule has 0 aliphatic heterocycles. The topological polar surface area (TPSA) is 59.8 Å². The Bertz CT molecular complexity index is 975. The lowest BCUT2D eigenvalue weighted by Gasteiger charge is -2.14. The van der Waals surface area contributed by atoms with E-state index < -0.39 is 0 Å². The average molecular weight is 393 g/mol. The number of rotatable bonds is 6. The molecule has 144 valence electrons. The Hall–Kier alpha value is -2.60. The van der Waals surface area contributed by atoms with Crippen LogP contribution in [0.5, 0.6) is 0 Å². The van der Waals surface area contributed by atoms with Gasteiger partial charge in [-0.05, 0) is 45.7 Å². The predicted molar refractivity (Wildman–Crippen MR) is 113 cm³/mol. The minimum atomic E-state index is -0.236. The smallest absolute Gasteiger partial charge is 0.233 e. The Morgan fingerprint density at radius 1 is 1.04 bits per heavy atom. The largest absolute Gasteiger partial charge is 0.352 e. The van der Waals surface area contributed by atoms with Gasteiger partial charge in [-0.25, -0.2) is 0 Å². The van der Waals surface area contributed by atoms with Gasteiger partial charge in [0.1, 0.15) is 0 Å². The van der Waals surface area contributed by atoms with Gasteiger partial charge in [-0.1, -0.05) is 59.3 Å². The number of aryl methyl sites for hydroxylation is 2. The summed E-state index contributed by atoms with van der Waals surface area (Å²) < 4.78 is 2.04. The number of hydrogen-bond acceptors (Lipinski definition) is 4. The zero-order valence-corrected chi connectivity index (χ0v) is 17.2. The van der Waals surface area contributed by atoms with Crippen molar-refractivity contribution in [1.82, 2.24) is 20.1 Å². The van der Waals surface area contributed by atoms with Crippen LogP contribution in [0.2, 0.25) is 0 Å². The van der Waals surface area contributed by atoms with E-state index in [2.05, 4.69) is 77.9 Å². The summed E-state index contributed by atoms with van der Waals surface area (Å²) in [5.41, 5.74) is 4.38. The van der Waals surface area contributed by atoms with Crippen LogP contribution in [-0.4, -0.2) is 32.0 Å². The number of hydrogen-bond donors (Lipinski definition) is 1. The molecular weight excluding hydrogens is 368 g/mol. The molecular formula is C22H24N4OS. The standard InChI is InChI=1S/C22H24N4OS/c1-14-4-8-17(9-5-14)20-24-25-22(26(20)19-12-6-15(2)7-13-19)28-16(3)21(27)23-18-10-11-18/h4-9,12-13,16,18H,10-11H2,1-3H3,(H,23,27). The molecule has 0 radical (unpaired) electrons. The molecule has 6 heteroatoms. The highest BCUT2D eigenvalue weighted by molar-refractivity contribution is 8.00. The summed E-state index contributed by atoms with van der Waals surface area (Å²) in [5.74, 6) is 0.837. The molecule has 1 atom stereocenters. The molecule has 1 unspecified atom stereocenters. The Balaban J connectivity index is 1.70. The first-order chi connectivity index (χ1) is 13.5. The van der Waals surface area contributed by atoms with Crippen LogP contribution < -0.4 is 5.32 Å². The lowest BCUT2D eigenvalue weighted by atomic mass is 10.1. The summed E-state index contributed by atoms with van der Waals surface area (Å²) in [6, 6.07) is 16.9. The second-order valence-electron chi connectivity index (χ2n) is 7.39. The number of benzene rings is 2. The Morgan fingerprint density at radius 2 is 1.64 bits per heavy atom. The van der Waals surface area contributed by atoms with E-state index in [1.54, 1.807) is 0 Å². The molecule has 1 heterocycles. The van der Waals surface area contributed by atoms with Crippen molar-refractivity contribution in [3.05, 3.63) is 59.7 Å². The lowest BCUT2D eigenvalue weighted by molar-refractivity contribution is -0.120. The molecule has 1 aliphatic rings. The van der Waals surface area contributed by atoms with Gasteiger partial charge in [0.2, 0.25) is 5.91 Å². The molecule has 1 fully saturated rings. The molecule has 1 N–H and O–H groups in total. The fraction of sp³-hybridized carbons (Fsp3) is 0.318. The van der Waals surface area contributed by atoms with Gasteiger partial charge in [0.05, 0.1) is 5.25 Å².